The highest BCUT2D eigenvalue weighted by Gasteiger charge is 2.32. The Morgan fingerprint density at radius 3 is 2.67 bits per heavy atom. The molecule has 0 radical (unpaired) electrons. The Hall–Kier alpha value is -1.83. The summed E-state index contributed by atoms with van der Waals surface area (Å²) in [7, 11) is 2.13. The Bertz CT molecular complexity index is 834. The lowest BCUT2D eigenvalue weighted by molar-refractivity contribution is 0.222. The highest BCUT2D eigenvalue weighted by molar-refractivity contribution is 6.35. The van der Waals surface area contributed by atoms with Gasteiger partial charge in [0.25, 0.3) is 0 Å². The number of anilines is 1. The zero-order valence-corrected chi connectivity index (χ0v) is 16.7. The van der Waals surface area contributed by atoms with Crippen molar-refractivity contribution in [3.05, 3.63) is 39.9 Å². The van der Waals surface area contributed by atoms with Crippen LogP contribution in [0.2, 0.25) is 10.0 Å². The van der Waals surface area contributed by atoms with Gasteiger partial charge in [0, 0.05) is 60.8 Å². The molecule has 27 heavy (non-hydrogen) atoms. The molecule has 144 valence electrons. The number of aromatic nitrogens is 3. The molecule has 3 heterocycles. The monoisotopic (exact) mass is 408 g/mol. The van der Waals surface area contributed by atoms with E-state index in [0.717, 1.165) is 44.1 Å². The highest BCUT2D eigenvalue weighted by Crippen LogP contribution is 2.28. The number of nitrogens with one attached hydrogen (secondary N) is 1. The van der Waals surface area contributed by atoms with Gasteiger partial charge < -0.3 is 19.7 Å². The van der Waals surface area contributed by atoms with Crippen LogP contribution < -0.4 is 5.32 Å². The zero-order chi connectivity index (χ0) is 19.0. The fourth-order valence-corrected chi connectivity index (χ4v) is 4.26. The Morgan fingerprint density at radius 1 is 1.11 bits per heavy atom. The van der Waals surface area contributed by atoms with E-state index in [-0.39, 0.29) is 11.9 Å². The first-order valence-corrected chi connectivity index (χ1v) is 9.88. The van der Waals surface area contributed by atoms with Gasteiger partial charge in [-0.3, -0.25) is 0 Å². The first kappa shape index (κ1) is 18.5. The summed E-state index contributed by atoms with van der Waals surface area (Å²) in [6.45, 7) is 4.21. The molecule has 2 amide bonds. The lowest BCUT2D eigenvalue weighted by Crippen LogP contribution is -2.33. The number of hydrogen-bond donors (Lipinski definition) is 1. The van der Waals surface area contributed by atoms with E-state index in [0.29, 0.717) is 28.8 Å². The maximum absolute atomic E-state index is 12.6. The average Bonchev–Trinajstić information content (AvgIpc) is 3.20. The largest absolute Gasteiger partial charge is 0.324 e. The first-order valence-electron chi connectivity index (χ1n) is 9.12. The topological polar surface area (TPSA) is 66.3 Å². The number of rotatable bonds is 2. The van der Waals surface area contributed by atoms with Gasteiger partial charge in [0.2, 0.25) is 0 Å². The molecule has 0 aliphatic carbocycles. The fraction of sp³-hybridized carbons (Fsp3) is 0.500. The van der Waals surface area contributed by atoms with Crippen molar-refractivity contribution in [3.8, 4) is 0 Å². The number of nitrogens with zero attached hydrogens (tertiary/aromatic N) is 5. The first-order chi connectivity index (χ1) is 13.0. The van der Waals surface area contributed by atoms with E-state index in [1.165, 1.54) is 0 Å². The van der Waals surface area contributed by atoms with Gasteiger partial charge in [-0.2, -0.15) is 0 Å². The molecule has 1 aromatic heterocycles. The standard InChI is InChI=1S/C18H22Cl2N6O/c1-24-4-3-16-22-23-17(26(16)7-6-24)12-2-5-25(11-12)18(27)21-15-9-13(19)8-14(20)10-15/h8-10,12H,2-7,11H2,1H3,(H,21,27). The minimum atomic E-state index is -0.147. The summed E-state index contributed by atoms with van der Waals surface area (Å²) in [6.07, 6.45) is 1.80. The van der Waals surface area contributed by atoms with E-state index in [1.54, 1.807) is 18.2 Å². The third kappa shape index (κ3) is 4.05. The molecule has 1 fully saturated rings. The normalized spacial score (nSPS) is 20.4. The number of carbonyl (C=O) groups excluding carboxylic acids is 1. The van der Waals surface area contributed by atoms with Crippen LogP contribution in [0.4, 0.5) is 10.5 Å². The Labute approximate surface area is 168 Å². The summed E-state index contributed by atoms with van der Waals surface area (Å²) < 4.78 is 2.24. The molecule has 1 aromatic carbocycles. The molecule has 1 N–H and O–H groups in total. The Kier molecular flexibility index (Phi) is 5.25. The van der Waals surface area contributed by atoms with Crippen LogP contribution in [-0.2, 0) is 13.0 Å². The molecule has 7 nitrogen and oxygen atoms in total. The number of carbonyl (C=O) groups is 1. The van der Waals surface area contributed by atoms with Crippen LogP contribution in [0, 0.1) is 0 Å². The summed E-state index contributed by atoms with van der Waals surface area (Å²) in [6, 6.07) is 4.87. The number of likely N-dealkylation sites (N-methyl/N-ethyl adjacent to an activating group) is 1. The number of fused-ring (bicyclic) bond motifs is 1. The molecule has 2 aliphatic rings. The van der Waals surface area contributed by atoms with E-state index in [4.69, 9.17) is 23.2 Å². The molecule has 2 aromatic rings. The summed E-state index contributed by atoms with van der Waals surface area (Å²) in [4.78, 5) is 16.7. The number of hydrogen-bond acceptors (Lipinski definition) is 4. The van der Waals surface area contributed by atoms with E-state index in [2.05, 4.69) is 32.0 Å². The molecule has 0 saturated carbocycles. The average molecular weight is 409 g/mol. The predicted octanol–water partition coefficient (Wildman–Crippen LogP) is 3.09. The Balaban J connectivity index is 1.43. The van der Waals surface area contributed by atoms with Crippen LogP contribution in [0.25, 0.3) is 0 Å². The second kappa shape index (κ2) is 7.66. The van der Waals surface area contributed by atoms with E-state index in [9.17, 15) is 4.79 Å². The van der Waals surface area contributed by atoms with Crippen molar-refractivity contribution in [2.45, 2.75) is 25.3 Å². The number of halogens is 2. The molecule has 1 unspecified atom stereocenters. The molecule has 1 atom stereocenters. The SMILES string of the molecule is CN1CCc2nnc(C3CCN(C(=O)Nc4cc(Cl)cc(Cl)c4)C3)n2CC1. The quantitative estimate of drug-likeness (QED) is 0.828. The summed E-state index contributed by atoms with van der Waals surface area (Å²) in [5.74, 6) is 2.26. The van der Waals surface area contributed by atoms with Crippen molar-refractivity contribution in [3.63, 3.8) is 0 Å². The van der Waals surface area contributed by atoms with Crippen molar-refractivity contribution in [1.82, 2.24) is 24.6 Å². The predicted molar refractivity (Wildman–Crippen MR) is 106 cm³/mol. The van der Waals surface area contributed by atoms with E-state index >= 15 is 0 Å². The number of urea groups is 1. The smallest absolute Gasteiger partial charge is 0.321 e. The van der Waals surface area contributed by atoms with Crippen molar-refractivity contribution >= 4 is 34.9 Å². The minimum absolute atomic E-state index is 0.147. The third-order valence-corrected chi connectivity index (χ3v) is 5.67. The van der Waals surface area contributed by atoms with Crippen LogP contribution in [-0.4, -0.2) is 63.8 Å². The van der Waals surface area contributed by atoms with Gasteiger partial charge >= 0.3 is 6.03 Å². The second-order valence-corrected chi connectivity index (χ2v) is 8.07. The van der Waals surface area contributed by atoms with E-state index < -0.39 is 0 Å². The highest BCUT2D eigenvalue weighted by atomic mass is 35.5. The van der Waals surface area contributed by atoms with Gasteiger partial charge in [-0.25, -0.2) is 4.79 Å². The molecule has 2 aliphatic heterocycles. The summed E-state index contributed by atoms with van der Waals surface area (Å²) in [5, 5.41) is 12.7. The maximum Gasteiger partial charge on any atom is 0.321 e. The molecule has 1 saturated heterocycles. The number of amides is 2. The van der Waals surface area contributed by atoms with Crippen molar-refractivity contribution in [1.29, 1.82) is 0 Å². The number of likely N-dealkylation sites (tertiary alicyclic amines) is 1. The van der Waals surface area contributed by atoms with Gasteiger partial charge in [0.05, 0.1) is 0 Å². The van der Waals surface area contributed by atoms with Gasteiger partial charge in [0.15, 0.2) is 0 Å². The molecular formula is C18H22Cl2N6O. The van der Waals surface area contributed by atoms with Crippen LogP contribution >= 0.6 is 23.2 Å². The minimum Gasteiger partial charge on any atom is -0.324 e. The van der Waals surface area contributed by atoms with Crippen molar-refractivity contribution in [2.24, 2.45) is 0 Å². The summed E-state index contributed by atoms with van der Waals surface area (Å²) in [5.41, 5.74) is 0.598. The molecule has 9 heteroatoms. The lowest BCUT2D eigenvalue weighted by atomic mass is 10.1. The molecule has 0 spiro atoms. The third-order valence-electron chi connectivity index (χ3n) is 5.23. The number of benzene rings is 1. The van der Waals surface area contributed by atoms with Gasteiger partial charge in [0.1, 0.15) is 11.6 Å². The molecule has 0 bridgehead atoms. The Morgan fingerprint density at radius 2 is 1.89 bits per heavy atom. The maximum atomic E-state index is 12.6. The zero-order valence-electron chi connectivity index (χ0n) is 15.2. The molecular weight excluding hydrogens is 387 g/mol. The summed E-state index contributed by atoms with van der Waals surface area (Å²) >= 11 is 12.0. The second-order valence-electron chi connectivity index (χ2n) is 7.20. The van der Waals surface area contributed by atoms with Crippen LogP contribution in [0.5, 0.6) is 0 Å². The van der Waals surface area contributed by atoms with Gasteiger partial charge in [-0.1, -0.05) is 23.2 Å². The van der Waals surface area contributed by atoms with Gasteiger partial charge in [-0.05, 0) is 31.7 Å². The van der Waals surface area contributed by atoms with Crippen LogP contribution in [0.1, 0.15) is 24.0 Å². The lowest BCUT2D eigenvalue weighted by Gasteiger charge is -2.18. The van der Waals surface area contributed by atoms with Crippen LogP contribution in [0.3, 0.4) is 0 Å². The van der Waals surface area contributed by atoms with Gasteiger partial charge in [-0.15, -0.1) is 10.2 Å². The fourth-order valence-electron chi connectivity index (χ4n) is 3.74. The molecule has 4 rings (SSSR count). The van der Waals surface area contributed by atoms with Crippen molar-refractivity contribution < 1.29 is 4.79 Å². The van der Waals surface area contributed by atoms with Crippen molar-refractivity contribution in [2.75, 3.05) is 38.5 Å². The van der Waals surface area contributed by atoms with Crippen LogP contribution in [0.15, 0.2) is 18.2 Å². The van der Waals surface area contributed by atoms with E-state index in [1.807, 2.05) is 4.90 Å².